The maximum absolute atomic E-state index is 11.9. The van der Waals surface area contributed by atoms with Gasteiger partial charge in [-0.25, -0.2) is 0 Å². The highest BCUT2D eigenvalue weighted by Gasteiger charge is 2.29. The first-order chi connectivity index (χ1) is 9.56. The van der Waals surface area contributed by atoms with Crippen LogP contribution in [0.3, 0.4) is 0 Å². The lowest BCUT2D eigenvalue weighted by atomic mass is 10.2. The van der Waals surface area contributed by atoms with Crippen LogP contribution in [0.15, 0.2) is 12.1 Å². The molecule has 1 fully saturated rings. The average Bonchev–Trinajstić information content (AvgIpc) is 3.15. The molecule has 0 aromatic carbocycles. The predicted octanol–water partition coefficient (Wildman–Crippen LogP) is 1.99. The highest BCUT2D eigenvalue weighted by atomic mass is 32.1. The Labute approximate surface area is 122 Å². The van der Waals surface area contributed by atoms with E-state index in [0.29, 0.717) is 17.8 Å². The monoisotopic (exact) mass is 296 g/mol. The van der Waals surface area contributed by atoms with Gasteiger partial charge >= 0.3 is 0 Å². The van der Waals surface area contributed by atoms with E-state index in [4.69, 9.17) is 5.11 Å². The van der Waals surface area contributed by atoms with Crippen molar-refractivity contribution in [3.8, 4) is 0 Å². The summed E-state index contributed by atoms with van der Waals surface area (Å²) in [7, 11) is 0. The molecule has 0 radical (unpaired) electrons. The number of rotatable bonds is 7. The van der Waals surface area contributed by atoms with Gasteiger partial charge in [-0.1, -0.05) is 0 Å². The second kappa shape index (κ2) is 6.85. The van der Waals surface area contributed by atoms with E-state index in [9.17, 15) is 9.59 Å². The molecular formula is C14H20N2O3S. The number of hydrogen-bond acceptors (Lipinski definition) is 4. The lowest BCUT2D eigenvalue weighted by molar-refractivity contribution is -0.117. The second-order valence-corrected chi connectivity index (χ2v) is 6.26. The van der Waals surface area contributed by atoms with Gasteiger partial charge in [0.2, 0.25) is 5.91 Å². The molecule has 0 bridgehead atoms. The van der Waals surface area contributed by atoms with Crippen molar-refractivity contribution < 1.29 is 14.7 Å². The highest BCUT2D eigenvalue weighted by Crippen LogP contribution is 2.31. The first kappa shape index (κ1) is 15.0. The summed E-state index contributed by atoms with van der Waals surface area (Å²) in [6.45, 7) is 2.28. The normalized spacial score (nSPS) is 15.7. The Morgan fingerprint density at radius 3 is 2.85 bits per heavy atom. The minimum absolute atomic E-state index is 0.0516. The van der Waals surface area contributed by atoms with Gasteiger partial charge in [-0.15, -0.1) is 11.3 Å². The molecule has 1 aliphatic rings. The standard InChI is InChI=1S/C14H20N2O3S/c1-9(17)3-2-8-15-14(19)11-6-7-12(20-11)16-13(18)10-4-5-10/h6-7,9-10,17H,2-5,8H2,1H3,(H,15,19)(H,16,18). The lowest BCUT2D eigenvalue weighted by Gasteiger charge is -2.05. The second-order valence-electron chi connectivity index (χ2n) is 5.17. The van der Waals surface area contributed by atoms with Crippen molar-refractivity contribution in [1.29, 1.82) is 0 Å². The van der Waals surface area contributed by atoms with Crippen molar-refractivity contribution in [2.75, 3.05) is 11.9 Å². The molecule has 110 valence electrons. The zero-order valence-corrected chi connectivity index (χ0v) is 12.3. The van der Waals surface area contributed by atoms with Crippen molar-refractivity contribution in [1.82, 2.24) is 5.32 Å². The van der Waals surface area contributed by atoms with Crippen molar-refractivity contribution in [3.05, 3.63) is 17.0 Å². The molecule has 2 amide bonds. The van der Waals surface area contributed by atoms with E-state index in [-0.39, 0.29) is 23.8 Å². The van der Waals surface area contributed by atoms with Crippen LogP contribution in [0, 0.1) is 5.92 Å². The number of carbonyl (C=O) groups excluding carboxylic acids is 2. The van der Waals surface area contributed by atoms with E-state index in [0.717, 1.165) is 24.3 Å². The van der Waals surface area contributed by atoms with Gasteiger partial charge < -0.3 is 15.7 Å². The summed E-state index contributed by atoms with van der Waals surface area (Å²) in [6, 6.07) is 3.48. The molecule has 1 saturated carbocycles. The summed E-state index contributed by atoms with van der Waals surface area (Å²) < 4.78 is 0. The summed E-state index contributed by atoms with van der Waals surface area (Å²) in [5.41, 5.74) is 0. The Morgan fingerprint density at radius 2 is 2.20 bits per heavy atom. The third kappa shape index (κ3) is 4.61. The number of thiophene rings is 1. The predicted molar refractivity (Wildman–Crippen MR) is 78.9 cm³/mol. The third-order valence-corrected chi connectivity index (χ3v) is 4.11. The fraction of sp³-hybridized carbons (Fsp3) is 0.571. The molecule has 0 aliphatic heterocycles. The summed E-state index contributed by atoms with van der Waals surface area (Å²) in [6.07, 6.45) is 3.02. The summed E-state index contributed by atoms with van der Waals surface area (Å²) in [4.78, 5) is 24.0. The molecule has 0 saturated heterocycles. The van der Waals surface area contributed by atoms with Gasteiger partial charge in [0.05, 0.1) is 16.0 Å². The van der Waals surface area contributed by atoms with Crippen molar-refractivity contribution >= 4 is 28.2 Å². The van der Waals surface area contributed by atoms with Crippen LogP contribution in [0.4, 0.5) is 5.00 Å². The smallest absolute Gasteiger partial charge is 0.261 e. The maximum Gasteiger partial charge on any atom is 0.261 e. The fourth-order valence-corrected chi connectivity index (χ4v) is 2.61. The van der Waals surface area contributed by atoms with E-state index >= 15 is 0 Å². The van der Waals surface area contributed by atoms with E-state index in [2.05, 4.69) is 10.6 Å². The Hall–Kier alpha value is -1.40. The number of amides is 2. The Balaban J connectivity index is 1.75. The molecule has 1 aliphatic carbocycles. The minimum atomic E-state index is -0.335. The molecule has 2 rings (SSSR count). The third-order valence-electron chi connectivity index (χ3n) is 3.11. The number of anilines is 1. The van der Waals surface area contributed by atoms with Crippen LogP contribution in [0.5, 0.6) is 0 Å². The van der Waals surface area contributed by atoms with Crippen LogP contribution in [0.25, 0.3) is 0 Å². The maximum atomic E-state index is 11.9. The molecule has 1 atom stereocenters. The highest BCUT2D eigenvalue weighted by molar-refractivity contribution is 7.18. The Morgan fingerprint density at radius 1 is 1.45 bits per heavy atom. The van der Waals surface area contributed by atoms with E-state index in [1.54, 1.807) is 19.1 Å². The van der Waals surface area contributed by atoms with Gasteiger partial charge in [-0.2, -0.15) is 0 Å². The van der Waals surface area contributed by atoms with Crippen LogP contribution < -0.4 is 10.6 Å². The van der Waals surface area contributed by atoms with Gasteiger partial charge in [0.15, 0.2) is 0 Å². The van der Waals surface area contributed by atoms with E-state index < -0.39 is 0 Å². The van der Waals surface area contributed by atoms with Crippen LogP contribution in [-0.4, -0.2) is 29.6 Å². The van der Waals surface area contributed by atoms with Gasteiger partial charge in [0.1, 0.15) is 0 Å². The molecule has 6 heteroatoms. The molecule has 1 heterocycles. The van der Waals surface area contributed by atoms with E-state index in [1.807, 2.05) is 0 Å². The molecule has 20 heavy (non-hydrogen) atoms. The van der Waals surface area contributed by atoms with Crippen LogP contribution >= 0.6 is 11.3 Å². The van der Waals surface area contributed by atoms with Crippen LogP contribution in [0.2, 0.25) is 0 Å². The van der Waals surface area contributed by atoms with Crippen molar-refractivity contribution in [3.63, 3.8) is 0 Å². The average molecular weight is 296 g/mol. The number of aliphatic hydroxyl groups excluding tert-OH is 1. The quantitative estimate of drug-likeness (QED) is 0.673. The Bertz CT molecular complexity index is 481. The van der Waals surface area contributed by atoms with Gasteiger partial charge in [-0.05, 0) is 44.7 Å². The zero-order chi connectivity index (χ0) is 14.5. The van der Waals surface area contributed by atoms with Crippen LogP contribution in [-0.2, 0) is 4.79 Å². The number of carbonyl (C=O) groups is 2. The SMILES string of the molecule is CC(O)CCCNC(=O)c1ccc(NC(=O)C2CC2)s1. The minimum Gasteiger partial charge on any atom is -0.393 e. The van der Waals surface area contributed by atoms with Crippen molar-refractivity contribution in [2.45, 2.75) is 38.7 Å². The van der Waals surface area contributed by atoms with Gasteiger partial charge in [0.25, 0.3) is 5.91 Å². The molecule has 1 aromatic heterocycles. The number of aliphatic hydroxyl groups is 1. The molecular weight excluding hydrogens is 276 g/mol. The summed E-state index contributed by atoms with van der Waals surface area (Å²) in [5, 5.41) is 15.5. The van der Waals surface area contributed by atoms with E-state index in [1.165, 1.54) is 11.3 Å². The number of nitrogens with one attached hydrogen (secondary N) is 2. The van der Waals surface area contributed by atoms with Gasteiger partial charge in [0, 0.05) is 12.5 Å². The number of hydrogen-bond donors (Lipinski definition) is 3. The van der Waals surface area contributed by atoms with Gasteiger partial charge in [-0.3, -0.25) is 9.59 Å². The lowest BCUT2D eigenvalue weighted by Crippen LogP contribution is -2.24. The zero-order valence-electron chi connectivity index (χ0n) is 11.5. The largest absolute Gasteiger partial charge is 0.393 e. The Kier molecular flexibility index (Phi) is 5.14. The summed E-state index contributed by atoms with van der Waals surface area (Å²) in [5.74, 6) is 0.0816. The molecule has 1 unspecified atom stereocenters. The topological polar surface area (TPSA) is 78.4 Å². The first-order valence-electron chi connectivity index (χ1n) is 6.93. The molecule has 5 nitrogen and oxygen atoms in total. The first-order valence-corrected chi connectivity index (χ1v) is 7.75. The van der Waals surface area contributed by atoms with Crippen LogP contribution in [0.1, 0.15) is 42.3 Å². The molecule has 3 N–H and O–H groups in total. The molecule has 0 spiro atoms. The fourth-order valence-electron chi connectivity index (χ4n) is 1.78. The summed E-state index contributed by atoms with van der Waals surface area (Å²) >= 11 is 1.29. The van der Waals surface area contributed by atoms with Crippen molar-refractivity contribution in [2.24, 2.45) is 5.92 Å². The molecule has 1 aromatic rings.